The minimum atomic E-state index is -0.301. The van der Waals surface area contributed by atoms with Gasteiger partial charge in [0.15, 0.2) is 0 Å². The summed E-state index contributed by atoms with van der Waals surface area (Å²) in [5.74, 6) is -0.386. The molecule has 1 aliphatic rings. The summed E-state index contributed by atoms with van der Waals surface area (Å²) in [6, 6.07) is 5.62. The first-order valence-electron chi connectivity index (χ1n) is 9.03. The number of hydrogen-bond donors (Lipinski definition) is 3. The molecule has 1 aliphatic heterocycles. The summed E-state index contributed by atoms with van der Waals surface area (Å²) >= 11 is 5.74. The number of piperazine rings is 1. The van der Waals surface area contributed by atoms with Gasteiger partial charge in [-0.15, -0.1) is 0 Å². The number of aromatic nitrogens is 2. The van der Waals surface area contributed by atoms with Crippen molar-refractivity contribution in [3.05, 3.63) is 42.1 Å². The van der Waals surface area contributed by atoms with E-state index >= 15 is 0 Å². The molecular formula is C19H23ClN6O2. The third-order valence-corrected chi connectivity index (χ3v) is 4.85. The number of anilines is 4. The highest BCUT2D eigenvalue weighted by Gasteiger charge is 2.19. The maximum absolute atomic E-state index is 11.9. The lowest BCUT2D eigenvalue weighted by atomic mass is 10.2. The SMILES string of the molecule is C=CC(=O)Nc1cc(Nc2ncc(Cl)c(O)n2)ccc1N1CCN(CC)CC1. The number of nitrogens with zero attached hydrogens (tertiary/aromatic N) is 4. The summed E-state index contributed by atoms with van der Waals surface area (Å²) in [4.78, 5) is 24.5. The number of rotatable bonds is 6. The third kappa shape index (κ3) is 4.71. The fourth-order valence-corrected chi connectivity index (χ4v) is 3.12. The van der Waals surface area contributed by atoms with Gasteiger partial charge >= 0.3 is 0 Å². The van der Waals surface area contributed by atoms with Crippen LogP contribution in [0.4, 0.5) is 23.0 Å². The van der Waals surface area contributed by atoms with Crippen molar-refractivity contribution in [1.82, 2.24) is 14.9 Å². The Labute approximate surface area is 168 Å². The van der Waals surface area contributed by atoms with E-state index in [1.54, 1.807) is 6.07 Å². The van der Waals surface area contributed by atoms with E-state index in [1.807, 2.05) is 12.1 Å². The fourth-order valence-electron chi connectivity index (χ4n) is 3.03. The molecule has 28 heavy (non-hydrogen) atoms. The molecule has 0 aliphatic carbocycles. The zero-order valence-electron chi connectivity index (χ0n) is 15.7. The molecule has 3 rings (SSSR count). The van der Waals surface area contributed by atoms with E-state index in [-0.39, 0.29) is 22.8 Å². The molecule has 2 aromatic rings. The standard InChI is InChI=1S/C19H23ClN6O2/c1-3-17(27)23-15-11-13(22-19-21-12-14(20)18(28)24-19)5-6-16(15)26-9-7-25(4-2)8-10-26/h3,5-6,11-12H,1,4,7-10H2,2H3,(H,23,27)(H2,21,22,24,28). The molecule has 3 N–H and O–H groups in total. The topological polar surface area (TPSA) is 93.6 Å². The van der Waals surface area contributed by atoms with E-state index in [0.717, 1.165) is 38.4 Å². The summed E-state index contributed by atoms with van der Waals surface area (Å²) in [7, 11) is 0. The van der Waals surface area contributed by atoms with Gasteiger partial charge in [-0.3, -0.25) is 4.79 Å². The van der Waals surface area contributed by atoms with Crippen LogP contribution in [0.1, 0.15) is 6.92 Å². The molecule has 1 aromatic heterocycles. The average Bonchev–Trinajstić information content (AvgIpc) is 2.71. The number of carbonyl (C=O) groups excluding carboxylic acids is 1. The second kappa shape index (κ2) is 8.90. The molecule has 9 heteroatoms. The van der Waals surface area contributed by atoms with Gasteiger partial charge in [0.1, 0.15) is 5.02 Å². The maximum Gasteiger partial charge on any atom is 0.247 e. The molecule has 1 fully saturated rings. The Kier molecular flexibility index (Phi) is 6.33. The second-order valence-electron chi connectivity index (χ2n) is 6.34. The van der Waals surface area contributed by atoms with Crippen molar-refractivity contribution in [3.8, 4) is 5.88 Å². The number of aromatic hydroxyl groups is 1. The smallest absolute Gasteiger partial charge is 0.247 e. The van der Waals surface area contributed by atoms with Crippen molar-refractivity contribution in [2.24, 2.45) is 0 Å². The molecule has 148 valence electrons. The number of likely N-dealkylation sites (N-methyl/N-ethyl adjacent to an activating group) is 1. The number of hydrogen-bond acceptors (Lipinski definition) is 7. The lowest BCUT2D eigenvalue weighted by Gasteiger charge is -2.36. The molecule has 0 bridgehead atoms. The van der Waals surface area contributed by atoms with Gasteiger partial charge in [0, 0.05) is 31.9 Å². The Balaban J connectivity index is 1.85. The quantitative estimate of drug-likeness (QED) is 0.639. The van der Waals surface area contributed by atoms with Crippen LogP contribution in [-0.2, 0) is 4.79 Å². The van der Waals surface area contributed by atoms with E-state index in [4.69, 9.17) is 11.6 Å². The molecule has 2 heterocycles. The highest BCUT2D eigenvalue weighted by Crippen LogP contribution is 2.31. The van der Waals surface area contributed by atoms with Gasteiger partial charge < -0.3 is 25.5 Å². The molecular weight excluding hydrogens is 380 g/mol. The first kappa shape index (κ1) is 19.9. The molecule has 1 amide bonds. The summed E-state index contributed by atoms with van der Waals surface area (Å²) in [5, 5.41) is 15.6. The van der Waals surface area contributed by atoms with Crippen molar-refractivity contribution < 1.29 is 9.90 Å². The number of amides is 1. The van der Waals surface area contributed by atoms with Crippen LogP contribution in [0.3, 0.4) is 0 Å². The number of halogens is 1. The van der Waals surface area contributed by atoms with Crippen molar-refractivity contribution in [2.45, 2.75) is 6.92 Å². The molecule has 0 atom stereocenters. The molecule has 8 nitrogen and oxygen atoms in total. The predicted molar refractivity (Wildman–Crippen MR) is 112 cm³/mol. The van der Waals surface area contributed by atoms with Crippen LogP contribution >= 0.6 is 11.6 Å². The summed E-state index contributed by atoms with van der Waals surface area (Å²) in [6.45, 7) is 10.4. The van der Waals surface area contributed by atoms with E-state index in [0.29, 0.717) is 11.4 Å². The van der Waals surface area contributed by atoms with Crippen LogP contribution in [-0.4, -0.2) is 58.6 Å². The summed E-state index contributed by atoms with van der Waals surface area (Å²) in [5.41, 5.74) is 2.27. The van der Waals surface area contributed by atoms with Crippen molar-refractivity contribution in [3.63, 3.8) is 0 Å². The first-order chi connectivity index (χ1) is 13.5. The number of benzene rings is 1. The Hall–Kier alpha value is -2.84. The third-order valence-electron chi connectivity index (χ3n) is 4.58. The van der Waals surface area contributed by atoms with Crippen LogP contribution < -0.4 is 15.5 Å². The van der Waals surface area contributed by atoms with Crippen molar-refractivity contribution in [2.75, 3.05) is 48.3 Å². The lowest BCUT2D eigenvalue weighted by Crippen LogP contribution is -2.46. The lowest BCUT2D eigenvalue weighted by molar-refractivity contribution is -0.111. The number of carbonyl (C=O) groups is 1. The van der Waals surface area contributed by atoms with Gasteiger partial charge in [0.05, 0.1) is 17.6 Å². The summed E-state index contributed by atoms with van der Waals surface area (Å²) < 4.78 is 0. The maximum atomic E-state index is 11.9. The minimum Gasteiger partial charge on any atom is -0.492 e. The number of nitrogens with one attached hydrogen (secondary N) is 2. The second-order valence-corrected chi connectivity index (χ2v) is 6.74. The predicted octanol–water partition coefficient (Wildman–Crippen LogP) is 2.85. The zero-order valence-corrected chi connectivity index (χ0v) is 16.4. The summed E-state index contributed by atoms with van der Waals surface area (Å²) in [6.07, 6.45) is 2.55. The van der Waals surface area contributed by atoms with Gasteiger partial charge in [-0.05, 0) is 30.8 Å². The molecule has 1 aromatic carbocycles. The van der Waals surface area contributed by atoms with Gasteiger partial charge in [0.2, 0.25) is 17.7 Å². The van der Waals surface area contributed by atoms with Crippen LogP contribution in [0, 0.1) is 0 Å². The van der Waals surface area contributed by atoms with E-state index < -0.39 is 0 Å². The Morgan fingerprint density at radius 2 is 2.11 bits per heavy atom. The first-order valence-corrected chi connectivity index (χ1v) is 9.41. The van der Waals surface area contributed by atoms with E-state index in [9.17, 15) is 9.90 Å². The highest BCUT2D eigenvalue weighted by molar-refractivity contribution is 6.31. The largest absolute Gasteiger partial charge is 0.492 e. The van der Waals surface area contributed by atoms with Crippen LogP contribution in [0.25, 0.3) is 0 Å². The molecule has 1 saturated heterocycles. The normalized spacial score (nSPS) is 14.6. The minimum absolute atomic E-state index is 0.0751. The van der Waals surface area contributed by atoms with Gasteiger partial charge in [-0.1, -0.05) is 25.1 Å². The molecule has 0 unspecified atom stereocenters. The van der Waals surface area contributed by atoms with Crippen molar-refractivity contribution >= 4 is 40.5 Å². The molecule has 0 radical (unpaired) electrons. The molecule has 0 saturated carbocycles. The van der Waals surface area contributed by atoms with E-state index in [2.05, 4.69) is 43.9 Å². The van der Waals surface area contributed by atoms with Crippen LogP contribution in [0.5, 0.6) is 5.88 Å². The van der Waals surface area contributed by atoms with Gasteiger partial charge in [0.25, 0.3) is 0 Å². The van der Waals surface area contributed by atoms with Crippen LogP contribution in [0.2, 0.25) is 5.02 Å². The Morgan fingerprint density at radius 3 is 2.75 bits per heavy atom. The monoisotopic (exact) mass is 402 g/mol. The van der Waals surface area contributed by atoms with Crippen LogP contribution in [0.15, 0.2) is 37.1 Å². The fraction of sp³-hybridized carbons (Fsp3) is 0.316. The van der Waals surface area contributed by atoms with E-state index in [1.165, 1.54) is 12.3 Å². The van der Waals surface area contributed by atoms with Crippen molar-refractivity contribution in [1.29, 1.82) is 0 Å². The Morgan fingerprint density at radius 1 is 1.36 bits per heavy atom. The zero-order chi connectivity index (χ0) is 20.1. The van der Waals surface area contributed by atoms with Gasteiger partial charge in [-0.25, -0.2) is 4.98 Å². The molecule has 0 spiro atoms. The average molecular weight is 403 g/mol. The Bertz CT molecular complexity index is 867. The highest BCUT2D eigenvalue weighted by atomic mass is 35.5. The van der Waals surface area contributed by atoms with Gasteiger partial charge in [-0.2, -0.15) is 4.98 Å².